The molecule has 39 heavy (non-hydrogen) atoms. The van der Waals surface area contributed by atoms with Gasteiger partial charge in [-0.1, -0.05) is 0 Å². The fourth-order valence-corrected chi connectivity index (χ4v) is 5.46. The molecular formula is C21H27CaN4O10PS2. The number of aromatic nitrogens is 3. The summed E-state index contributed by atoms with van der Waals surface area (Å²) in [5.41, 5.74) is 3.66. The van der Waals surface area contributed by atoms with Crippen LogP contribution < -0.4 is 19.8 Å². The van der Waals surface area contributed by atoms with Gasteiger partial charge >= 0.3 is 37.7 Å². The van der Waals surface area contributed by atoms with Gasteiger partial charge in [0.2, 0.25) is 0 Å². The van der Waals surface area contributed by atoms with Gasteiger partial charge in [-0.05, 0) is 45.0 Å². The van der Waals surface area contributed by atoms with Gasteiger partial charge in [0, 0.05) is 17.1 Å². The number of benzene rings is 2. The largest absolute Gasteiger partial charge is 2.00 e. The first-order valence-electron chi connectivity index (χ1n) is 10.3. The fraction of sp³-hybridized carbons (Fsp3) is 0.286. The topological polar surface area (TPSA) is 261 Å². The molecule has 0 saturated carbocycles. The summed E-state index contributed by atoms with van der Waals surface area (Å²) in [5.74, 6) is 0.333. The smallest absolute Gasteiger partial charge is 0.790 e. The van der Waals surface area contributed by atoms with E-state index in [-0.39, 0.29) is 71.4 Å². The summed E-state index contributed by atoms with van der Waals surface area (Å²) in [6.45, 7) is 3.72. The standard InChI is InChI=1S/C21H23N4O7PS2.Ca.3H2O/c1-21(2,3)35(29,30)19-9-14-15(10-17(19)31-6-7-32-33(26,27)28)22-11-23-20(14)25-13-4-5-18-16(8-13)24-12-34-18;;;;/h4-5,8-12H,6-7H2,1-3H3,(H,22,23,25)(H2,26,27,28);;3*1H2/q;+2;;;/p-2. The molecule has 0 aliphatic carbocycles. The van der Waals surface area contributed by atoms with Crippen molar-refractivity contribution in [2.75, 3.05) is 18.5 Å². The molecule has 2 aromatic heterocycles. The van der Waals surface area contributed by atoms with Gasteiger partial charge in [0.05, 0.1) is 40.4 Å². The molecule has 0 amide bonds. The summed E-state index contributed by atoms with van der Waals surface area (Å²) >= 11 is 1.52. The van der Waals surface area contributed by atoms with Gasteiger partial charge in [-0.3, -0.25) is 0 Å². The second-order valence-corrected chi connectivity index (χ2v) is 13.2. The van der Waals surface area contributed by atoms with Gasteiger partial charge in [0.25, 0.3) is 0 Å². The molecule has 4 rings (SSSR count). The van der Waals surface area contributed by atoms with Crippen molar-refractivity contribution in [3.05, 3.63) is 42.2 Å². The van der Waals surface area contributed by atoms with Crippen molar-refractivity contribution >= 4 is 99.4 Å². The molecule has 0 fully saturated rings. The molecule has 0 aliphatic heterocycles. The maximum Gasteiger partial charge on any atom is 2.00 e. The number of phosphoric ester groups is 1. The summed E-state index contributed by atoms with van der Waals surface area (Å²) in [6, 6.07) is 8.49. The number of fused-ring (bicyclic) bond motifs is 2. The zero-order valence-electron chi connectivity index (χ0n) is 21.1. The molecule has 2 aromatic carbocycles. The maximum absolute atomic E-state index is 13.4. The maximum atomic E-state index is 13.4. The van der Waals surface area contributed by atoms with E-state index in [2.05, 4.69) is 24.8 Å². The summed E-state index contributed by atoms with van der Waals surface area (Å²) in [6.07, 6.45) is 1.32. The van der Waals surface area contributed by atoms with Crippen LogP contribution >= 0.6 is 19.2 Å². The van der Waals surface area contributed by atoms with Crippen molar-refractivity contribution in [1.29, 1.82) is 0 Å². The Hall–Kier alpha value is -1.53. The van der Waals surface area contributed by atoms with Gasteiger partial charge in [0.15, 0.2) is 9.84 Å². The minimum atomic E-state index is -5.18. The van der Waals surface area contributed by atoms with Crippen LogP contribution in [-0.2, 0) is 18.9 Å². The van der Waals surface area contributed by atoms with E-state index in [1.54, 1.807) is 26.3 Å². The van der Waals surface area contributed by atoms with Crippen molar-refractivity contribution in [3.63, 3.8) is 0 Å². The fourth-order valence-electron chi connectivity index (χ4n) is 3.19. The quantitative estimate of drug-likeness (QED) is 0.153. The number of thiazole rings is 1. The number of rotatable bonds is 8. The number of nitrogens with one attached hydrogen (secondary N) is 1. The Morgan fingerprint density at radius 3 is 2.33 bits per heavy atom. The van der Waals surface area contributed by atoms with Crippen LogP contribution in [0.4, 0.5) is 11.5 Å². The number of hydrogen-bond donors (Lipinski definition) is 1. The third-order valence-corrected chi connectivity index (χ3v) is 8.80. The molecule has 0 atom stereocenters. The van der Waals surface area contributed by atoms with Crippen molar-refractivity contribution in [1.82, 2.24) is 15.0 Å². The van der Waals surface area contributed by atoms with Crippen molar-refractivity contribution in [3.8, 4) is 5.75 Å². The van der Waals surface area contributed by atoms with Crippen LogP contribution in [-0.4, -0.2) is 95.5 Å². The second kappa shape index (κ2) is 14.4. The molecule has 7 N–H and O–H groups in total. The van der Waals surface area contributed by atoms with Crippen LogP contribution in [0.1, 0.15) is 20.8 Å². The van der Waals surface area contributed by atoms with E-state index < -0.39 is 29.0 Å². The van der Waals surface area contributed by atoms with Crippen molar-refractivity contribution < 1.29 is 48.5 Å². The van der Waals surface area contributed by atoms with E-state index in [4.69, 9.17) is 4.74 Å². The van der Waals surface area contributed by atoms with Crippen LogP contribution in [0, 0.1) is 0 Å². The van der Waals surface area contributed by atoms with Crippen molar-refractivity contribution in [2.45, 2.75) is 30.4 Å². The number of anilines is 2. The van der Waals surface area contributed by atoms with Gasteiger partial charge in [-0.15, -0.1) is 11.3 Å². The number of sulfone groups is 1. The molecule has 210 valence electrons. The molecule has 4 aromatic rings. The minimum absolute atomic E-state index is 0. The van der Waals surface area contributed by atoms with E-state index >= 15 is 0 Å². The van der Waals surface area contributed by atoms with Crippen LogP contribution in [0.15, 0.2) is 47.1 Å². The Morgan fingerprint density at radius 1 is 1.00 bits per heavy atom. The minimum Gasteiger partial charge on any atom is -0.790 e. The van der Waals surface area contributed by atoms with Crippen molar-refractivity contribution in [2.24, 2.45) is 0 Å². The molecule has 0 saturated heterocycles. The SMILES string of the molecule is CC(C)(C)S(=O)(=O)c1cc2c(Nc3ccc4scnc4c3)ncnc2cc1OCCOP(=O)([O-])[O-].O.O.O.[Ca+2]. The normalized spacial score (nSPS) is 11.5. The summed E-state index contributed by atoms with van der Waals surface area (Å²) < 4.78 is 47.0. The van der Waals surface area contributed by atoms with Gasteiger partial charge in [-0.25, -0.2) is 23.4 Å². The molecule has 2 heterocycles. The number of ether oxygens (including phenoxy) is 1. The third-order valence-electron chi connectivity index (χ3n) is 4.98. The molecule has 0 radical (unpaired) electrons. The van der Waals surface area contributed by atoms with E-state index in [1.165, 1.54) is 29.8 Å². The van der Waals surface area contributed by atoms with E-state index in [0.717, 1.165) is 10.2 Å². The zero-order valence-corrected chi connectivity index (χ0v) is 25.9. The third kappa shape index (κ3) is 8.73. The van der Waals surface area contributed by atoms with Crippen LogP contribution in [0.25, 0.3) is 21.1 Å². The molecule has 0 aliphatic rings. The predicted octanol–water partition coefficient (Wildman–Crippen LogP) is -0.0755. The number of hydrogen-bond acceptors (Lipinski definition) is 12. The molecular weight excluding hydrogens is 603 g/mol. The summed E-state index contributed by atoms with van der Waals surface area (Å²) in [4.78, 5) is 34.1. The number of nitrogens with zero attached hydrogens (tertiary/aromatic N) is 3. The molecule has 0 bridgehead atoms. The predicted molar refractivity (Wildman–Crippen MR) is 145 cm³/mol. The summed E-state index contributed by atoms with van der Waals surface area (Å²) in [7, 11) is -9.09. The van der Waals surface area contributed by atoms with Gasteiger partial charge in [0.1, 0.15) is 29.4 Å². The first kappa shape index (κ1) is 37.5. The number of phosphoric acid groups is 1. The Kier molecular flexibility index (Phi) is 13.8. The first-order chi connectivity index (χ1) is 16.3. The molecule has 18 heteroatoms. The molecule has 14 nitrogen and oxygen atoms in total. The Balaban J connectivity index is 0.00000361. The van der Waals surface area contributed by atoms with Crippen LogP contribution in [0.5, 0.6) is 5.75 Å². The zero-order chi connectivity index (χ0) is 25.4. The van der Waals surface area contributed by atoms with Gasteiger partial charge < -0.3 is 45.4 Å². The van der Waals surface area contributed by atoms with E-state index in [0.29, 0.717) is 22.4 Å². The Labute approximate surface area is 257 Å². The van der Waals surface area contributed by atoms with E-state index in [9.17, 15) is 22.8 Å². The Bertz CT molecular complexity index is 1560. The summed E-state index contributed by atoms with van der Waals surface area (Å²) in [5, 5.41) is 3.62. The second-order valence-electron chi connectivity index (χ2n) is 8.44. The first-order valence-corrected chi connectivity index (χ1v) is 14.1. The van der Waals surface area contributed by atoms with Gasteiger partial charge in [-0.2, -0.15) is 0 Å². The molecule has 0 unspecified atom stereocenters. The van der Waals surface area contributed by atoms with Crippen LogP contribution in [0.3, 0.4) is 0 Å². The van der Waals surface area contributed by atoms with Crippen LogP contribution in [0.2, 0.25) is 0 Å². The molecule has 0 spiro atoms. The average molecular weight is 631 g/mol. The monoisotopic (exact) mass is 630 g/mol. The Morgan fingerprint density at radius 2 is 1.69 bits per heavy atom. The average Bonchev–Trinajstić information content (AvgIpc) is 3.23. The van der Waals surface area contributed by atoms with E-state index in [1.807, 2.05) is 18.2 Å².